The summed E-state index contributed by atoms with van der Waals surface area (Å²) in [6, 6.07) is 19.5. The molecule has 0 radical (unpaired) electrons. The second kappa shape index (κ2) is 7.50. The molecule has 2 aromatic rings. The largest absolute Gasteiger partial charge is 0.272 e. The van der Waals surface area contributed by atoms with Gasteiger partial charge >= 0.3 is 0 Å². The van der Waals surface area contributed by atoms with Crippen molar-refractivity contribution >= 4 is 23.9 Å². The van der Waals surface area contributed by atoms with Crippen molar-refractivity contribution in [1.82, 2.24) is 5.43 Å². The van der Waals surface area contributed by atoms with Gasteiger partial charge in [-0.3, -0.25) is 4.79 Å². The normalized spacial score (nSPS) is 12.2. The van der Waals surface area contributed by atoms with Gasteiger partial charge in [0.1, 0.15) is 0 Å². The zero-order valence-corrected chi connectivity index (χ0v) is 12.0. The van der Waals surface area contributed by atoms with Gasteiger partial charge in [0, 0.05) is 4.90 Å². The predicted octanol–water partition coefficient (Wildman–Crippen LogP) is 3.32. The molecule has 0 heterocycles. The number of thioether (sulfide) groups is 1. The fourth-order valence-corrected chi connectivity index (χ4v) is 2.44. The Morgan fingerprint density at radius 1 is 1.10 bits per heavy atom. The van der Waals surface area contributed by atoms with Gasteiger partial charge in [0.15, 0.2) is 0 Å². The van der Waals surface area contributed by atoms with E-state index in [1.807, 2.05) is 67.6 Å². The lowest BCUT2D eigenvalue weighted by atomic mass is 10.2. The third-order valence-electron chi connectivity index (χ3n) is 2.61. The molecule has 0 spiro atoms. The average molecular weight is 284 g/mol. The van der Waals surface area contributed by atoms with Crippen LogP contribution in [0.4, 0.5) is 0 Å². The molecule has 0 aliphatic carbocycles. The van der Waals surface area contributed by atoms with E-state index < -0.39 is 0 Å². The number of benzene rings is 2. The van der Waals surface area contributed by atoms with Crippen LogP contribution in [0.1, 0.15) is 12.5 Å². The fourth-order valence-electron chi connectivity index (χ4n) is 1.56. The van der Waals surface area contributed by atoms with Crippen LogP contribution in [0.15, 0.2) is 70.7 Å². The minimum absolute atomic E-state index is 0.106. The summed E-state index contributed by atoms with van der Waals surface area (Å²) >= 11 is 1.51. The Kier molecular flexibility index (Phi) is 5.38. The molecule has 1 amide bonds. The molecule has 2 rings (SSSR count). The number of hydrazone groups is 1. The van der Waals surface area contributed by atoms with Crippen molar-refractivity contribution in [1.29, 1.82) is 0 Å². The highest BCUT2D eigenvalue weighted by atomic mass is 32.2. The Balaban J connectivity index is 1.84. The van der Waals surface area contributed by atoms with Crippen LogP contribution in [0.2, 0.25) is 0 Å². The van der Waals surface area contributed by atoms with E-state index in [2.05, 4.69) is 10.5 Å². The van der Waals surface area contributed by atoms with Crippen LogP contribution in [0.25, 0.3) is 0 Å². The molecular formula is C16H16N2OS. The quantitative estimate of drug-likeness (QED) is 0.520. The van der Waals surface area contributed by atoms with Crippen molar-refractivity contribution in [2.75, 3.05) is 0 Å². The Hall–Kier alpha value is -2.07. The molecule has 4 heteroatoms. The minimum Gasteiger partial charge on any atom is -0.272 e. The van der Waals surface area contributed by atoms with Crippen molar-refractivity contribution in [2.24, 2.45) is 5.10 Å². The number of carbonyl (C=O) groups is 1. The van der Waals surface area contributed by atoms with E-state index in [-0.39, 0.29) is 11.2 Å². The van der Waals surface area contributed by atoms with Crippen LogP contribution < -0.4 is 5.43 Å². The molecule has 0 fully saturated rings. The molecule has 1 N–H and O–H groups in total. The molecule has 0 saturated heterocycles. The lowest BCUT2D eigenvalue weighted by molar-refractivity contribution is -0.120. The first kappa shape index (κ1) is 14.3. The van der Waals surface area contributed by atoms with Gasteiger partial charge in [-0.25, -0.2) is 5.43 Å². The number of amides is 1. The molecule has 0 aromatic heterocycles. The third-order valence-corrected chi connectivity index (χ3v) is 3.73. The Morgan fingerprint density at radius 3 is 2.35 bits per heavy atom. The first-order valence-corrected chi connectivity index (χ1v) is 7.23. The third kappa shape index (κ3) is 4.55. The Bertz CT molecular complexity index is 570. The van der Waals surface area contributed by atoms with Crippen LogP contribution in [0, 0.1) is 0 Å². The van der Waals surface area contributed by atoms with Gasteiger partial charge < -0.3 is 0 Å². The summed E-state index contributed by atoms with van der Waals surface area (Å²) in [7, 11) is 0. The van der Waals surface area contributed by atoms with Crippen LogP contribution in [0.5, 0.6) is 0 Å². The van der Waals surface area contributed by atoms with Crippen molar-refractivity contribution in [2.45, 2.75) is 17.1 Å². The Morgan fingerprint density at radius 2 is 1.70 bits per heavy atom. The molecule has 0 unspecified atom stereocenters. The Labute approximate surface area is 123 Å². The highest BCUT2D eigenvalue weighted by Gasteiger charge is 2.13. The molecule has 0 aliphatic rings. The number of rotatable bonds is 5. The number of nitrogens with one attached hydrogen (secondary N) is 1. The highest BCUT2D eigenvalue weighted by molar-refractivity contribution is 8.00. The summed E-state index contributed by atoms with van der Waals surface area (Å²) in [6.07, 6.45) is 1.64. The lowest BCUT2D eigenvalue weighted by Gasteiger charge is -2.08. The van der Waals surface area contributed by atoms with Gasteiger partial charge in [-0.2, -0.15) is 5.10 Å². The first-order valence-electron chi connectivity index (χ1n) is 6.35. The fraction of sp³-hybridized carbons (Fsp3) is 0.125. The maximum atomic E-state index is 11.9. The summed E-state index contributed by atoms with van der Waals surface area (Å²) in [5, 5.41) is 3.78. The predicted molar refractivity (Wildman–Crippen MR) is 83.9 cm³/mol. The molecule has 20 heavy (non-hydrogen) atoms. The SMILES string of the molecule is C[C@@H](Sc1ccccc1)C(=O)N/N=C\c1ccccc1. The molecular weight excluding hydrogens is 268 g/mol. The molecule has 0 bridgehead atoms. The smallest absolute Gasteiger partial charge is 0.253 e. The maximum Gasteiger partial charge on any atom is 0.253 e. The van der Waals surface area contributed by atoms with E-state index in [0.717, 1.165) is 10.5 Å². The monoisotopic (exact) mass is 284 g/mol. The number of hydrogen-bond acceptors (Lipinski definition) is 3. The van der Waals surface area contributed by atoms with Crippen molar-refractivity contribution in [3.05, 3.63) is 66.2 Å². The zero-order chi connectivity index (χ0) is 14.2. The maximum absolute atomic E-state index is 11.9. The standard InChI is InChI=1S/C16H16N2OS/c1-13(20-15-10-6-3-7-11-15)16(19)18-17-12-14-8-4-2-5-9-14/h2-13H,1H3,(H,18,19)/b17-12-/t13-/m1/s1. The van der Waals surface area contributed by atoms with Crippen molar-refractivity contribution < 1.29 is 4.79 Å². The molecule has 0 aliphatic heterocycles. The van der Waals surface area contributed by atoms with Crippen LogP contribution in [-0.2, 0) is 4.79 Å². The first-order chi connectivity index (χ1) is 9.75. The van der Waals surface area contributed by atoms with E-state index >= 15 is 0 Å². The number of nitrogens with zero attached hydrogens (tertiary/aromatic N) is 1. The minimum atomic E-state index is -0.190. The summed E-state index contributed by atoms with van der Waals surface area (Å²) in [5.74, 6) is -0.106. The van der Waals surface area contributed by atoms with Gasteiger partial charge in [-0.15, -0.1) is 11.8 Å². The summed E-state index contributed by atoms with van der Waals surface area (Å²) in [5.41, 5.74) is 3.52. The number of hydrogen-bond donors (Lipinski definition) is 1. The highest BCUT2D eigenvalue weighted by Crippen LogP contribution is 2.22. The lowest BCUT2D eigenvalue weighted by Crippen LogP contribution is -2.26. The van der Waals surface area contributed by atoms with Crippen LogP contribution in [-0.4, -0.2) is 17.4 Å². The van der Waals surface area contributed by atoms with E-state index in [1.165, 1.54) is 11.8 Å². The van der Waals surface area contributed by atoms with E-state index in [9.17, 15) is 4.79 Å². The van der Waals surface area contributed by atoms with E-state index in [0.29, 0.717) is 0 Å². The molecule has 102 valence electrons. The number of carbonyl (C=O) groups excluding carboxylic acids is 1. The second-order valence-corrected chi connectivity index (χ2v) is 5.63. The van der Waals surface area contributed by atoms with Gasteiger partial charge in [-0.05, 0) is 24.6 Å². The van der Waals surface area contributed by atoms with E-state index in [4.69, 9.17) is 0 Å². The van der Waals surface area contributed by atoms with Gasteiger partial charge in [-0.1, -0.05) is 48.5 Å². The molecule has 3 nitrogen and oxygen atoms in total. The van der Waals surface area contributed by atoms with Gasteiger partial charge in [0.2, 0.25) is 0 Å². The second-order valence-electron chi connectivity index (χ2n) is 4.22. The summed E-state index contributed by atoms with van der Waals surface area (Å²) < 4.78 is 0. The molecule has 1 atom stereocenters. The van der Waals surface area contributed by atoms with Crippen molar-refractivity contribution in [3.8, 4) is 0 Å². The van der Waals surface area contributed by atoms with Crippen molar-refractivity contribution in [3.63, 3.8) is 0 Å². The average Bonchev–Trinajstić information content (AvgIpc) is 2.49. The topological polar surface area (TPSA) is 41.5 Å². The van der Waals surface area contributed by atoms with E-state index in [1.54, 1.807) is 6.21 Å². The molecule has 2 aromatic carbocycles. The van der Waals surface area contributed by atoms with Gasteiger partial charge in [0.25, 0.3) is 5.91 Å². The van der Waals surface area contributed by atoms with Crippen LogP contribution in [0.3, 0.4) is 0 Å². The summed E-state index contributed by atoms with van der Waals surface area (Å²) in [6.45, 7) is 1.87. The summed E-state index contributed by atoms with van der Waals surface area (Å²) in [4.78, 5) is 13.0. The molecule has 0 saturated carbocycles. The van der Waals surface area contributed by atoms with Crippen LogP contribution >= 0.6 is 11.8 Å². The van der Waals surface area contributed by atoms with Gasteiger partial charge in [0.05, 0.1) is 11.5 Å². The zero-order valence-electron chi connectivity index (χ0n) is 11.2.